The Morgan fingerprint density at radius 3 is 2.89 bits per heavy atom. The molecule has 2 rings (SSSR count). The van der Waals surface area contributed by atoms with Crippen LogP contribution in [-0.2, 0) is 9.53 Å². The van der Waals surface area contributed by atoms with Gasteiger partial charge in [-0.1, -0.05) is 23.7 Å². The summed E-state index contributed by atoms with van der Waals surface area (Å²) in [6, 6.07) is 11.0. The van der Waals surface area contributed by atoms with E-state index in [1.54, 1.807) is 18.2 Å². The highest BCUT2D eigenvalue weighted by Crippen LogP contribution is 2.25. The van der Waals surface area contributed by atoms with Crippen molar-refractivity contribution in [2.45, 2.75) is 0 Å². The molecule has 0 unspecified atom stereocenters. The van der Waals surface area contributed by atoms with Gasteiger partial charge in [-0.3, -0.25) is 0 Å². The zero-order valence-electron chi connectivity index (χ0n) is 9.72. The highest BCUT2D eigenvalue weighted by molar-refractivity contribution is 6.30. The van der Waals surface area contributed by atoms with Crippen LogP contribution in [0.15, 0.2) is 46.9 Å². The number of rotatable bonds is 3. The number of halogens is 1. The van der Waals surface area contributed by atoms with Gasteiger partial charge in [-0.25, -0.2) is 4.79 Å². The highest BCUT2D eigenvalue weighted by Gasteiger charge is 2.03. The second-order valence-corrected chi connectivity index (χ2v) is 4.01. The molecule has 0 saturated carbocycles. The van der Waals surface area contributed by atoms with E-state index in [-0.39, 0.29) is 0 Å². The van der Waals surface area contributed by atoms with E-state index in [9.17, 15) is 4.79 Å². The van der Waals surface area contributed by atoms with E-state index in [0.717, 1.165) is 5.56 Å². The van der Waals surface area contributed by atoms with Crippen LogP contribution in [0.3, 0.4) is 0 Å². The van der Waals surface area contributed by atoms with E-state index in [4.69, 9.17) is 16.0 Å². The molecule has 92 valence electrons. The molecule has 0 N–H and O–H groups in total. The van der Waals surface area contributed by atoms with Crippen molar-refractivity contribution in [1.29, 1.82) is 0 Å². The van der Waals surface area contributed by atoms with Crippen LogP contribution in [-0.4, -0.2) is 13.1 Å². The van der Waals surface area contributed by atoms with Gasteiger partial charge in [0.25, 0.3) is 0 Å². The molecule has 1 heterocycles. The molecule has 0 aliphatic carbocycles. The van der Waals surface area contributed by atoms with Crippen molar-refractivity contribution in [1.82, 2.24) is 0 Å². The lowest BCUT2D eigenvalue weighted by atomic mass is 10.2. The molecular weight excluding hydrogens is 252 g/mol. The Morgan fingerprint density at radius 1 is 1.33 bits per heavy atom. The van der Waals surface area contributed by atoms with Gasteiger partial charge in [0.15, 0.2) is 0 Å². The summed E-state index contributed by atoms with van der Waals surface area (Å²) in [7, 11) is 1.33. The number of furan rings is 1. The number of ether oxygens (including phenoxy) is 1. The minimum atomic E-state index is -0.421. The van der Waals surface area contributed by atoms with Crippen molar-refractivity contribution >= 4 is 23.6 Å². The van der Waals surface area contributed by atoms with Crippen LogP contribution in [0.4, 0.5) is 0 Å². The molecule has 0 saturated heterocycles. The Bertz CT molecular complexity index is 584. The Hall–Kier alpha value is -2.00. The Morgan fingerprint density at radius 2 is 2.17 bits per heavy atom. The van der Waals surface area contributed by atoms with Gasteiger partial charge < -0.3 is 9.15 Å². The number of carbonyl (C=O) groups excluding carboxylic acids is 1. The average molecular weight is 263 g/mol. The maximum atomic E-state index is 10.9. The molecule has 1 aromatic carbocycles. The van der Waals surface area contributed by atoms with Crippen molar-refractivity contribution in [3.63, 3.8) is 0 Å². The Kier molecular flexibility index (Phi) is 3.85. The maximum absolute atomic E-state index is 10.9. The molecule has 0 aliphatic heterocycles. The van der Waals surface area contributed by atoms with Crippen LogP contribution in [0.2, 0.25) is 5.02 Å². The molecule has 0 amide bonds. The number of esters is 1. The summed E-state index contributed by atoms with van der Waals surface area (Å²) < 4.78 is 10.1. The van der Waals surface area contributed by atoms with E-state index >= 15 is 0 Å². The summed E-state index contributed by atoms with van der Waals surface area (Å²) in [5.41, 5.74) is 0.889. The second-order valence-electron chi connectivity index (χ2n) is 3.57. The third-order valence-electron chi connectivity index (χ3n) is 2.32. The monoisotopic (exact) mass is 262 g/mol. The van der Waals surface area contributed by atoms with Crippen LogP contribution in [0.1, 0.15) is 5.76 Å². The molecule has 0 spiro atoms. The summed E-state index contributed by atoms with van der Waals surface area (Å²) in [6.07, 6.45) is 2.86. The van der Waals surface area contributed by atoms with E-state index in [0.29, 0.717) is 16.5 Å². The quantitative estimate of drug-likeness (QED) is 0.624. The van der Waals surface area contributed by atoms with E-state index in [2.05, 4.69) is 4.74 Å². The van der Waals surface area contributed by atoms with Gasteiger partial charge in [-0.05, 0) is 30.3 Å². The first-order valence-corrected chi connectivity index (χ1v) is 5.68. The molecule has 3 nitrogen and oxygen atoms in total. The fourth-order valence-electron chi connectivity index (χ4n) is 1.46. The largest absolute Gasteiger partial charge is 0.466 e. The molecule has 0 fully saturated rings. The minimum absolute atomic E-state index is 0.421. The predicted octanol–water partition coefficient (Wildman–Crippen LogP) is 3.79. The lowest BCUT2D eigenvalue weighted by Crippen LogP contribution is -1.92. The van der Waals surface area contributed by atoms with Crippen LogP contribution in [0, 0.1) is 0 Å². The third-order valence-corrected chi connectivity index (χ3v) is 2.56. The summed E-state index contributed by atoms with van der Waals surface area (Å²) >= 11 is 5.91. The zero-order chi connectivity index (χ0) is 13.0. The van der Waals surface area contributed by atoms with E-state index < -0.39 is 5.97 Å². The van der Waals surface area contributed by atoms with Crippen LogP contribution in [0.5, 0.6) is 0 Å². The van der Waals surface area contributed by atoms with E-state index in [1.165, 1.54) is 13.2 Å². The molecule has 1 aromatic heterocycles. The summed E-state index contributed by atoms with van der Waals surface area (Å²) in [4.78, 5) is 10.9. The smallest absolute Gasteiger partial charge is 0.330 e. The number of benzene rings is 1. The first-order valence-electron chi connectivity index (χ1n) is 5.31. The lowest BCUT2D eigenvalue weighted by Gasteiger charge is -1.96. The fraction of sp³-hybridized carbons (Fsp3) is 0.0714. The van der Waals surface area contributed by atoms with Crippen molar-refractivity contribution in [2.75, 3.05) is 7.11 Å². The van der Waals surface area contributed by atoms with Crippen LogP contribution >= 0.6 is 11.6 Å². The van der Waals surface area contributed by atoms with Crippen molar-refractivity contribution in [3.05, 3.63) is 53.3 Å². The zero-order valence-corrected chi connectivity index (χ0v) is 10.5. The minimum Gasteiger partial charge on any atom is -0.466 e. The summed E-state index contributed by atoms with van der Waals surface area (Å²) in [5.74, 6) is 0.855. The SMILES string of the molecule is COC(=O)/C=C/c1ccc(-c2cccc(Cl)c2)o1. The standard InChI is InChI=1S/C14H11ClO3/c1-17-14(16)8-6-12-5-7-13(18-12)10-3-2-4-11(15)9-10/h2-9H,1H3/b8-6+. The first-order chi connectivity index (χ1) is 8.69. The van der Waals surface area contributed by atoms with Crippen LogP contribution in [0.25, 0.3) is 17.4 Å². The van der Waals surface area contributed by atoms with Gasteiger partial charge in [0.1, 0.15) is 11.5 Å². The van der Waals surface area contributed by atoms with Gasteiger partial charge >= 0.3 is 5.97 Å². The molecule has 0 radical (unpaired) electrons. The van der Waals surface area contributed by atoms with Gasteiger partial charge in [0.2, 0.25) is 0 Å². The lowest BCUT2D eigenvalue weighted by molar-refractivity contribution is -0.134. The van der Waals surface area contributed by atoms with Gasteiger partial charge in [0.05, 0.1) is 7.11 Å². The maximum Gasteiger partial charge on any atom is 0.330 e. The molecule has 0 aliphatic rings. The highest BCUT2D eigenvalue weighted by atomic mass is 35.5. The number of hydrogen-bond acceptors (Lipinski definition) is 3. The number of methoxy groups -OCH3 is 1. The molecule has 18 heavy (non-hydrogen) atoms. The molecule has 4 heteroatoms. The normalized spacial score (nSPS) is 10.8. The van der Waals surface area contributed by atoms with Gasteiger partial charge in [-0.2, -0.15) is 0 Å². The molecular formula is C14H11ClO3. The van der Waals surface area contributed by atoms with Crippen molar-refractivity contribution in [3.8, 4) is 11.3 Å². The summed E-state index contributed by atoms with van der Waals surface area (Å²) in [5, 5.41) is 0.649. The van der Waals surface area contributed by atoms with Crippen molar-refractivity contribution in [2.24, 2.45) is 0 Å². The first kappa shape index (κ1) is 12.5. The average Bonchev–Trinajstić information content (AvgIpc) is 2.84. The van der Waals surface area contributed by atoms with E-state index in [1.807, 2.05) is 24.3 Å². The van der Waals surface area contributed by atoms with Gasteiger partial charge in [0, 0.05) is 16.7 Å². The number of hydrogen-bond donors (Lipinski definition) is 0. The van der Waals surface area contributed by atoms with Crippen molar-refractivity contribution < 1.29 is 13.9 Å². The molecule has 0 atom stereocenters. The second kappa shape index (κ2) is 5.56. The molecule has 2 aromatic rings. The Labute approximate surface area is 110 Å². The van der Waals surface area contributed by atoms with Crippen LogP contribution < -0.4 is 0 Å². The third kappa shape index (κ3) is 3.02. The number of carbonyl (C=O) groups is 1. The fourth-order valence-corrected chi connectivity index (χ4v) is 1.65. The van der Waals surface area contributed by atoms with Gasteiger partial charge in [-0.15, -0.1) is 0 Å². The topological polar surface area (TPSA) is 39.4 Å². The Balaban J connectivity index is 2.20. The predicted molar refractivity (Wildman–Crippen MR) is 70.2 cm³/mol. The molecule has 0 bridgehead atoms. The summed E-state index contributed by atoms with van der Waals surface area (Å²) in [6.45, 7) is 0.